The monoisotopic (exact) mass is 266 g/mol. The van der Waals surface area contributed by atoms with E-state index in [1.54, 1.807) is 0 Å². The Hall–Kier alpha value is -0.420. The lowest BCUT2D eigenvalue weighted by atomic mass is 9.88. The van der Waals surface area contributed by atoms with E-state index in [-0.39, 0.29) is 0 Å². The van der Waals surface area contributed by atoms with E-state index in [4.69, 9.17) is 4.74 Å². The molecule has 4 heteroatoms. The quantitative estimate of drug-likeness (QED) is 0.828. The lowest BCUT2D eigenvalue weighted by molar-refractivity contribution is -0.118. The van der Waals surface area contributed by atoms with Crippen molar-refractivity contribution < 1.29 is 4.74 Å². The summed E-state index contributed by atoms with van der Waals surface area (Å²) in [4.78, 5) is 6.66. The molecule has 0 N–H and O–H groups in total. The summed E-state index contributed by atoms with van der Waals surface area (Å²) < 4.78 is 5.33. The van der Waals surface area contributed by atoms with Crippen LogP contribution in [0.4, 0.5) is 0 Å². The van der Waals surface area contributed by atoms with E-state index in [0.29, 0.717) is 5.41 Å². The average molecular weight is 266 g/mol. The van der Waals surface area contributed by atoms with Crippen LogP contribution in [0.5, 0.6) is 0 Å². The Morgan fingerprint density at radius 2 is 1.94 bits per heavy atom. The third-order valence-electron chi connectivity index (χ3n) is 3.93. The van der Waals surface area contributed by atoms with Gasteiger partial charge in [0.2, 0.25) is 0 Å². The number of rotatable bonds is 4. The van der Waals surface area contributed by atoms with Gasteiger partial charge in [-0.15, -0.1) is 11.3 Å². The Bertz CT molecular complexity index is 367. The molecule has 3 rings (SSSR count). The minimum atomic E-state index is 0.427. The first-order valence-electron chi connectivity index (χ1n) is 6.78. The van der Waals surface area contributed by atoms with Crippen molar-refractivity contribution in [1.82, 2.24) is 9.80 Å². The van der Waals surface area contributed by atoms with Crippen molar-refractivity contribution in [3.63, 3.8) is 0 Å². The summed E-state index contributed by atoms with van der Waals surface area (Å²) in [6, 6.07) is 4.39. The van der Waals surface area contributed by atoms with Gasteiger partial charge >= 0.3 is 0 Å². The van der Waals surface area contributed by atoms with Crippen LogP contribution in [0.3, 0.4) is 0 Å². The summed E-state index contributed by atoms with van der Waals surface area (Å²) in [7, 11) is 0. The molecule has 0 bridgehead atoms. The van der Waals surface area contributed by atoms with Gasteiger partial charge in [-0.05, 0) is 11.4 Å². The van der Waals surface area contributed by atoms with E-state index in [1.807, 2.05) is 11.3 Å². The van der Waals surface area contributed by atoms with Crippen LogP contribution in [0.1, 0.15) is 11.8 Å². The molecule has 0 atom stereocenters. The Kier molecular flexibility index (Phi) is 3.71. The lowest BCUT2D eigenvalue weighted by Crippen LogP contribution is -2.53. The van der Waals surface area contributed by atoms with Gasteiger partial charge in [0.1, 0.15) is 0 Å². The maximum absolute atomic E-state index is 5.33. The van der Waals surface area contributed by atoms with Crippen LogP contribution in [0.15, 0.2) is 17.5 Å². The maximum Gasteiger partial charge on any atom is 0.0554 e. The van der Waals surface area contributed by atoms with Crippen LogP contribution in [-0.2, 0) is 11.3 Å². The zero-order valence-electron chi connectivity index (χ0n) is 11.1. The minimum Gasteiger partial charge on any atom is -0.380 e. The highest BCUT2D eigenvalue weighted by Crippen LogP contribution is 2.28. The summed E-state index contributed by atoms with van der Waals surface area (Å²) in [5.74, 6) is 0. The number of ether oxygens (including phenoxy) is 1. The Balaban J connectivity index is 1.43. The highest BCUT2D eigenvalue weighted by molar-refractivity contribution is 7.09. The zero-order chi connectivity index (χ0) is 12.4. The van der Waals surface area contributed by atoms with Crippen molar-refractivity contribution in [2.75, 3.05) is 45.9 Å². The maximum atomic E-state index is 5.33. The number of thiophene rings is 1. The second kappa shape index (κ2) is 5.29. The molecule has 0 saturated carbocycles. The molecule has 0 unspecified atom stereocenters. The molecule has 0 amide bonds. The molecule has 1 aromatic heterocycles. The molecular formula is C14H22N2OS. The normalized spacial score (nSPS) is 24.9. The first kappa shape index (κ1) is 12.6. The van der Waals surface area contributed by atoms with Crippen LogP contribution in [0.25, 0.3) is 0 Å². The van der Waals surface area contributed by atoms with Gasteiger partial charge in [-0.1, -0.05) is 13.0 Å². The summed E-state index contributed by atoms with van der Waals surface area (Å²) in [6.45, 7) is 11.4. The van der Waals surface area contributed by atoms with Crippen molar-refractivity contribution in [2.45, 2.75) is 13.5 Å². The van der Waals surface area contributed by atoms with Gasteiger partial charge in [0, 0.05) is 49.6 Å². The molecule has 1 aromatic rings. The molecule has 0 aliphatic carbocycles. The third kappa shape index (κ3) is 2.94. The summed E-state index contributed by atoms with van der Waals surface area (Å²) >= 11 is 1.87. The highest BCUT2D eigenvalue weighted by atomic mass is 32.1. The van der Waals surface area contributed by atoms with Crippen molar-refractivity contribution in [3.8, 4) is 0 Å². The highest BCUT2D eigenvalue weighted by Gasteiger charge is 2.35. The van der Waals surface area contributed by atoms with Gasteiger partial charge < -0.3 is 9.64 Å². The topological polar surface area (TPSA) is 15.7 Å². The Labute approximate surface area is 113 Å². The van der Waals surface area contributed by atoms with Gasteiger partial charge in [0.25, 0.3) is 0 Å². The summed E-state index contributed by atoms with van der Waals surface area (Å²) in [5, 5.41) is 2.17. The standard InChI is InChI=1S/C14H22N2OS/c1-14(11-17-12-14)10-16-6-4-15(5-7-16)9-13-3-2-8-18-13/h2-3,8H,4-7,9-12H2,1H3. The molecule has 3 heterocycles. The smallest absolute Gasteiger partial charge is 0.0554 e. The van der Waals surface area contributed by atoms with Crippen LogP contribution in [-0.4, -0.2) is 55.7 Å². The van der Waals surface area contributed by atoms with Crippen molar-refractivity contribution in [1.29, 1.82) is 0 Å². The fraction of sp³-hybridized carbons (Fsp3) is 0.714. The van der Waals surface area contributed by atoms with E-state index in [0.717, 1.165) is 19.8 Å². The fourth-order valence-corrected chi connectivity index (χ4v) is 3.56. The van der Waals surface area contributed by atoms with Gasteiger partial charge in [0.15, 0.2) is 0 Å². The Morgan fingerprint density at radius 3 is 2.50 bits per heavy atom. The molecule has 100 valence electrons. The molecular weight excluding hydrogens is 244 g/mol. The first-order chi connectivity index (χ1) is 8.73. The van der Waals surface area contributed by atoms with Crippen LogP contribution >= 0.6 is 11.3 Å². The van der Waals surface area contributed by atoms with E-state index in [2.05, 4.69) is 34.2 Å². The fourth-order valence-electron chi connectivity index (χ4n) is 2.81. The second-order valence-corrected chi connectivity index (χ2v) is 6.97. The van der Waals surface area contributed by atoms with Crippen LogP contribution in [0.2, 0.25) is 0 Å². The molecule has 0 aromatic carbocycles. The first-order valence-corrected chi connectivity index (χ1v) is 7.66. The van der Waals surface area contributed by atoms with Gasteiger partial charge in [-0.2, -0.15) is 0 Å². The second-order valence-electron chi connectivity index (χ2n) is 5.94. The molecule has 2 fully saturated rings. The number of hydrogen-bond acceptors (Lipinski definition) is 4. The minimum absolute atomic E-state index is 0.427. The lowest BCUT2D eigenvalue weighted by Gasteiger charge is -2.44. The average Bonchev–Trinajstić information content (AvgIpc) is 2.82. The van der Waals surface area contributed by atoms with E-state index in [9.17, 15) is 0 Å². The summed E-state index contributed by atoms with van der Waals surface area (Å²) in [5.41, 5.74) is 0.427. The molecule has 3 nitrogen and oxygen atoms in total. The third-order valence-corrected chi connectivity index (χ3v) is 4.79. The van der Waals surface area contributed by atoms with E-state index >= 15 is 0 Å². The van der Waals surface area contributed by atoms with Gasteiger partial charge in [-0.25, -0.2) is 0 Å². The molecule has 0 radical (unpaired) electrons. The predicted molar refractivity (Wildman–Crippen MR) is 75.0 cm³/mol. The van der Waals surface area contributed by atoms with Crippen LogP contribution in [0, 0.1) is 5.41 Å². The molecule has 2 aliphatic heterocycles. The Morgan fingerprint density at radius 1 is 1.22 bits per heavy atom. The van der Waals surface area contributed by atoms with Gasteiger partial charge in [-0.3, -0.25) is 4.90 Å². The molecule has 18 heavy (non-hydrogen) atoms. The van der Waals surface area contributed by atoms with E-state index < -0.39 is 0 Å². The largest absolute Gasteiger partial charge is 0.380 e. The predicted octanol–water partition coefficient (Wildman–Crippen LogP) is 1.90. The van der Waals surface area contributed by atoms with Crippen molar-refractivity contribution in [2.24, 2.45) is 5.41 Å². The number of piperazine rings is 1. The zero-order valence-corrected chi connectivity index (χ0v) is 11.9. The molecule has 0 spiro atoms. The number of nitrogens with zero attached hydrogens (tertiary/aromatic N) is 2. The summed E-state index contributed by atoms with van der Waals surface area (Å²) in [6.07, 6.45) is 0. The van der Waals surface area contributed by atoms with Gasteiger partial charge in [0.05, 0.1) is 13.2 Å². The van der Waals surface area contributed by atoms with Crippen molar-refractivity contribution in [3.05, 3.63) is 22.4 Å². The molecule has 2 saturated heterocycles. The van der Waals surface area contributed by atoms with E-state index in [1.165, 1.54) is 37.6 Å². The number of hydrogen-bond donors (Lipinski definition) is 0. The van der Waals surface area contributed by atoms with Crippen LogP contribution < -0.4 is 0 Å². The van der Waals surface area contributed by atoms with Crippen molar-refractivity contribution >= 4 is 11.3 Å². The SMILES string of the molecule is CC1(CN2CCN(Cc3cccs3)CC2)COC1. The molecule has 2 aliphatic rings.